The number of hydrogen-bond acceptors (Lipinski definition) is 2. The summed E-state index contributed by atoms with van der Waals surface area (Å²) in [6.45, 7) is 2.11. The van der Waals surface area contributed by atoms with E-state index in [0.717, 1.165) is 19.3 Å². The molecule has 1 saturated carbocycles. The Morgan fingerprint density at radius 3 is 2.22 bits per heavy atom. The Labute approximate surface area is 55.5 Å². The fraction of sp³-hybridized carbons (Fsp3) is 1.00. The zero-order valence-corrected chi connectivity index (χ0v) is 5.75. The average molecular weight is 130 g/mol. The Kier molecular flexibility index (Phi) is 2.09. The van der Waals surface area contributed by atoms with Crippen molar-refractivity contribution in [2.24, 2.45) is 5.92 Å². The summed E-state index contributed by atoms with van der Waals surface area (Å²) in [6.07, 6.45) is 1.66. The Morgan fingerprint density at radius 1 is 1.11 bits per heavy atom. The van der Waals surface area contributed by atoms with Crippen LogP contribution in [0.1, 0.15) is 26.2 Å². The first-order valence-corrected chi connectivity index (χ1v) is 3.56. The summed E-state index contributed by atoms with van der Waals surface area (Å²) >= 11 is 0. The van der Waals surface area contributed by atoms with Gasteiger partial charge in [0.2, 0.25) is 0 Å². The Balaban J connectivity index is 2.35. The molecule has 2 nitrogen and oxygen atoms in total. The molecule has 1 fully saturated rings. The third kappa shape index (κ3) is 1.66. The molecule has 0 saturated heterocycles. The SMILES string of the molecule is CC1CC[C@@H](O)[C@@H](O)C1. The van der Waals surface area contributed by atoms with E-state index in [-0.39, 0.29) is 0 Å². The smallest absolute Gasteiger partial charge is 0.0801 e. The van der Waals surface area contributed by atoms with Crippen LogP contribution in [0.4, 0.5) is 0 Å². The second kappa shape index (κ2) is 2.67. The third-order valence-electron chi connectivity index (χ3n) is 2.04. The summed E-state index contributed by atoms with van der Waals surface area (Å²) in [5.41, 5.74) is 0. The van der Waals surface area contributed by atoms with E-state index in [1.807, 2.05) is 0 Å². The van der Waals surface area contributed by atoms with Gasteiger partial charge in [0.15, 0.2) is 0 Å². The Hall–Kier alpha value is -0.0800. The molecule has 0 aromatic heterocycles. The molecule has 0 bridgehead atoms. The molecule has 1 aliphatic carbocycles. The zero-order chi connectivity index (χ0) is 6.85. The summed E-state index contributed by atoms with van der Waals surface area (Å²) in [6, 6.07) is 0. The minimum absolute atomic E-state index is 0.457. The first-order valence-electron chi connectivity index (χ1n) is 3.56. The molecule has 54 valence electrons. The van der Waals surface area contributed by atoms with Crippen LogP contribution < -0.4 is 0 Å². The largest absolute Gasteiger partial charge is 0.390 e. The molecule has 1 aliphatic rings. The molecule has 0 aromatic carbocycles. The van der Waals surface area contributed by atoms with Crippen molar-refractivity contribution in [1.29, 1.82) is 0 Å². The molecule has 0 amide bonds. The summed E-state index contributed by atoms with van der Waals surface area (Å²) in [4.78, 5) is 0. The summed E-state index contributed by atoms with van der Waals surface area (Å²) < 4.78 is 0. The van der Waals surface area contributed by atoms with Crippen molar-refractivity contribution in [2.75, 3.05) is 0 Å². The van der Waals surface area contributed by atoms with Gasteiger partial charge in [0, 0.05) is 0 Å². The maximum atomic E-state index is 9.10. The van der Waals surface area contributed by atoms with E-state index < -0.39 is 12.2 Å². The molecule has 3 atom stereocenters. The standard InChI is InChI=1S/C7H14O2/c1-5-2-3-6(8)7(9)4-5/h5-9H,2-4H2,1H3/t5?,6-,7+/m1/s1. The molecule has 1 unspecified atom stereocenters. The molecule has 0 radical (unpaired) electrons. The van der Waals surface area contributed by atoms with Gasteiger partial charge >= 0.3 is 0 Å². The third-order valence-corrected chi connectivity index (χ3v) is 2.04. The predicted octanol–water partition coefficient (Wildman–Crippen LogP) is 0.528. The van der Waals surface area contributed by atoms with Crippen molar-refractivity contribution in [3.05, 3.63) is 0 Å². The minimum Gasteiger partial charge on any atom is -0.390 e. The quantitative estimate of drug-likeness (QED) is 0.502. The lowest BCUT2D eigenvalue weighted by atomic mass is 9.87. The van der Waals surface area contributed by atoms with E-state index >= 15 is 0 Å². The maximum Gasteiger partial charge on any atom is 0.0801 e. The second-order valence-electron chi connectivity index (χ2n) is 3.05. The summed E-state index contributed by atoms with van der Waals surface area (Å²) in [5.74, 6) is 0.586. The maximum absolute atomic E-state index is 9.10. The molecule has 0 spiro atoms. The van der Waals surface area contributed by atoms with Gasteiger partial charge in [-0.25, -0.2) is 0 Å². The minimum atomic E-state index is -0.464. The van der Waals surface area contributed by atoms with E-state index in [9.17, 15) is 0 Å². The molecule has 0 aliphatic heterocycles. The molecular weight excluding hydrogens is 116 g/mol. The van der Waals surface area contributed by atoms with Crippen LogP contribution in [0.15, 0.2) is 0 Å². The van der Waals surface area contributed by atoms with Crippen LogP contribution >= 0.6 is 0 Å². The van der Waals surface area contributed by atoms with Gasteiger partial charge in [0.05, 0.1) is 12.2 Å². The Morgan fingerprint density at radius 2 is 1.78 bits per heavy atom. The van der Waals surface area contributed by atoms with Crippen molar-refractivity contribution in [2.45, 2.75) is 38.4 Å². The lowest BCUT2D eigenvalue weighted by molar-refractivity contribution is -0.0226. The zero-order valence-electron chi connectivity index (χ0n) is 5.75. The molecule has 2 N–H and O–H groups in total. The van der Waals surface area contributed by atoms with Gasteiger partial charge in [0.1, 0.15) is 0 Å². The highest BCUT2D eigenvalue weighted by molar-refractivity contribution is 4.76. The van der Waals surface area contributed by atoms with Crippen LogP contribution in [-0.2, 0) is 0 Å². The predicted molar refractivity (Wildman–Crippen MR) is 35.0 cm³/mol. The molecule has 9 heavy (non-hydrogen) atoms. The number of aliphatic hydroxyl groups excluding tert-OH is 2. The van der Waals surface area contributed by atoms with Crippen LogP contribution in [0.25, 0.3) is 0 Å². The monoisotopic (exact) mass is 130 g/mol. The topological polar surface area (TPSA) is 40.5 Å². The van der Waals surface area contributed by atoms with E-state index in [1.165, 1.54) is 0 Å². The van der Waals surface area contributed by atoms with Crippen LogP contribution in [0.2, 0.25) is 0 Å². The molecular formula is C7H14O2. The number of hydrogen-bond donors (Lipinski definition) is 2. The highest BCUT2D eigenvalue weighted by Crippen LogP contribution is 2.23. The fourth-order valence-corrected chi connectivity index (χ4v) is 1.33. The molecule has 1 rings (SSSR count). The van der Waals surface area contributed by atoms with Crippen molar-refractivity contribution in [3.8, 4) is 0 Å². The first kappa shape index (κ1) is 7.03. The lowest BCUT2D eigenvalue weighted by Gasteiger charge is -2.27. The highest BCUT2D eigenvalue weighted by Gasteiger charge is 2.24. The van der Waals surface area contributed by atoms with Gasteiger partial charge in [-0.1, -0.05) is 6.92 Å². The second-order valence-corrected chi connectivity index (χ2v) is 3.05. The van der Waals surface area contributed by atoms with Crippen LogP contribution in [0.3, 0.4) is 0 Å². The van der Waals surface area contributed by atoms with Gasteiger partial charge in [0.25, 0.3) is 0 Å². The van der Waals surface area contributed by atoms with Crippen LogP contribution in [-0.4, -0.2) is 22.4 Å². The first-order chi connectivity index (χ1) is 4.20. The van der Waals surface area contributed by atoms with Gasteiger partial charge in [-0.15, -0.1) is 0 Å². The number of aliphatic hydroxyl groups is 2. The molecule has 0 heterocycles. The van der Waals surface area contributed by atoms with E-state index in [1.54, 1.807) is 0 Å². The van der Waals surface area contributed by atoms with Crippen molar-refractivity contribution in [1.82, 2.24) is 0 Å². The van der Waals surface area contributed by atoms with E-state index in [4.69, 9.17) is 10.2 Å². The summed E-state index contributed by atoms with van der Waals surface area (Å²) in [7, 11) is 0. The fourth-order valence-electron chi connectivity index (χ4n) is 1.33. The highest BCUT2D eigenvalue weighted by atomic mass is 16.3. The van der Waals surface area contributed by atoms with Crippen molar-refractivity contribution in [3.63, 3.8) is 0 Å². The molecule has 2 heteroatoms. The van der Waals surface area contributed by atoms with Gasteiger partial charge in [-0.05, 0) is 25.2 Å². The normalized spacial score (nSPS) is 45.0. The molecule has 0 aromatic rings. The van der Waals surface area contributed by atoms with Gasteiger partial charge in [-0.3, -0.25) is 0 Å². The van der Waals surface area contributed by atoms with Gasteiger partial charge < -0.3 is 10.2 Å². The average Bonchev–Trinajstić information content (AvgIpc) is 1.80. The van der Waals surface area contributed by atoms with Gasteiger partial charge in [-0.2, -0.15) is 0 Å². The van der Waals surface area contributed by atoms with E-state index in [0.29, 0.717) is 5.92 Å². The van der Waals surface area contributed by atoms with Crippen LogP contribution in [0.5, 0.6) is 0 Å². The Bertz CT molecular complexity index is 92.9. The van der Waals surface area contributed by atoms with Crippen LogP contribution in [0, 0.1) is 5.92 Å². The van der Waals surface area contributed by atoms with Crippen molar-refractivity contribution < 1.29 is 10.2 Å². The summed E-state index contributed by atoms with van der Waals surface area (Å²) in [5, 5.41) is 18.1. The van der Waals surface area contributed by atoms with E-state index in [2.05, 4.69) is 6.92 Å². The number of rotatable bonds is 0. The lowest BCUT2D eigenvalue weighted by Crippen LogP contribution is -2.32. The van der Waals surface area contributed by atoms with Crippen molar-refractivity contribution >= 4 is 0 Å².